The van der Waals surface area contributed by atoms with E-state index in [1.54, 1.807) is 0 Å². The van der Waals surface area contributed by atoms with Crippen molar-refractivity contribution in [1.29, 1.82) is 0 Å². The van der Waals surface area contributed by atoms with Gasteiger partial charge in [0.05, 0.1) is 16.8 Å². The number of para-hydroxylation sites is 1. The lowest BCUT2D eigenvalue weighted by molar-refractivity contribution is -0.118. The van der Waals surface area contributed by atoms with Gasteiger partial charge in [-0.25, -0.2) is 4.98 Å². The minimum atomic E-state index is 0. The summed E-state index contributed by atoms with van der Waals surface area (Å²) in [5.41, 5.74) is 0.934. The van der Waals surface area contributed by atoms with E-state index in [4.69, 9.17) is 0 Å². The van der Waals surface area contributed by atoms with E-state index < -0.39 is 0 Å². The van der Waals surface area contributed by atoms with E-state index in [-0.39, 0.29) is 18.3 Å². The molecule has 0 unspecified atom stereocenters. The molecule has 7 heteroatoms. The van der Waals surface area contributed by atoms with Crippen molar-refractivity contribution in [2.24, 2.45) is 0 Å². The summed E-state index contributed by atoms with van der Waals surface area (Å²) in [6.45, 7) is 5.36. The third-order valence-corrected chi connectivity index (χ3v) is 4.48. The molecule has 2 aromatic rings. The average Bonchev–Trinajstić information content (AvgIpc) is 2.83. The number of nitrogens with one attached hydrogen (secondary N) is 2. The van der Waals surface area contributed by atoms with Crippen LogP contribution in [0.25, 0.3) is 10.2 Å². The first-order valence-electron chi connectivity index (χ1n) is 6.82. The number of thiazole rings is 1. The Hall–Kier alpha value is -1.21. The highest BCUT2D eigenvalue weighted by atomic mass is 35.5. The summed E-state index contributed by atoms with van der Waals surface area (Å²) in [5.74, 6) is 0.0119. The number of carbonyl (C=O) groups is 1. The second kappa shape index (κ2) is 7.17. The Balaban J connectivity index is 0.00000161. The maximum atomic E-state index is 12.1. The number of anilines is 1. The summed E-state index contributed by atoms with van der Waals surface area (Å²) in [5, 5.41) is 6.91. The van der Waals surface area contributed by atoms with Gasteiger partial charge in [0.1, 0.15) is 0 Å². The number of fused-ring (bicyclic) bond motifs is 1. The fourth-order valence-corrected chi connectivity index (χ4v) is 3.27. The maximum absolute atomic E-state index is 12.1. The SMILES string of the molecule is C[C@@H]1CNCCN1CC(=O)Nc1nc2ccccc2s1.Cl. The predicted octanol–water partition coefficient (Wildman–Crippen LogP) is 1.95. The van der Waals surface area contributed by atoms with Crippen molar-refractivity contribution >= 4 is 45.0 Å². The van der Waals surface area contributed by atoms with E-state index in [0.29, 0.717) is 17.7 Å². The summed E-state index contributed by atoms with van der Waals surface area (Å²) in [6.07, 6.45) is 0. The molecule has 1 aliphatic heterocycles. The first-order chi connectivity index (χ1) is 9.72. The lowest BCUT2D eigenvalue weighted by atomic mass is 10.2. The summed E-state index contributed by atoms with van der Waals surface area (Å²) in [6, 6.07) is 8.30. The Morgan fingerprint density at radius 3 is 3.10 bits per heavy atom. The van der Waals surface area contributed by atoms with Crippen LogP contribution >= 0.6 is 23.7 Å². The zero-order chi connectivity index (χ0) is 13.9. The molecular formula is C14H19ClN4OS. The van der Waals surface area contributed by atoms with E-state index in [1.165, 1.54) is 11.3 Å². The molecule has 2 N–H and O–H groups in total. The highest BCUT2D eigenvalue weighted by Gasteiger charge is 2.20. The van der Waals surface area contributed by atoms with Crippen molar-refractivity contribution in [3.05, 3.63) is 24.3 Å². The first-order valence-corrected chi connectivity index (χ1v) is 7.64. The molecule has 1 aromatic carbocycles. The van der Waals surface area contributed by atoms with Gasteiger partial charge in [-0.05, 0) is 19.1 Å². The van der Waals surface area contributed by atoms with E-state index in [0.717, 1.165) is 29.9 Å². The van der Waals surface area contributed by atoms with Gasteiger partial charge in [0, 0.05) is 25.7 Å². The van der Waals surface area contributed by atoms with Crippen LogP contribution in [0.5, 0.6) is 0 Å². The number of hydrogen-bond acceptors (Lipinski definition) is 5. The van der Waals surface area contributed by atoms with Crippen molar-refractivity contribution in [1.82, 2.24) is 15.2 Å². The molecule has 114 valence electrons. The predicted molar refractivity (Wildman–Crippen MR) is 89.4 cm³/mol. The second-order valence-electron chi connectivity index (χ2n) is 5.06. The smallest absolute Gasteiger partial charge is 0.240 e. The fourth-order valence-electron chi connectivity index (χ4n) is 2.39. The molecule has 5 nitrogen and oxygen atoms in total. The van der Waals surface area contributed by atoms with E-state index >= 15 is 0 Å². The third kappa shape index (κ3) is 3.91. The van der Waals surface area contributed by atoms with E-state index in [2.05, 4.69) is 27.4 Å². The molecule has 0 radical (unpaired) electrons. The molecule has 0 aliphatic carbocycles. The van der Waals surface area contributed by atoms with Crippen LogP contribution in [-0.4, -0.2) is 48.0 Å². The summed E-state index contributed by atoms with van der Waals surface area (Å²) >= 11 is 1.51. The molecule has 1 aromatic heterocycles. The van der Waals surface area contributed by atoms with Crippen LogP contribution in [0, 0.1) is 0 Å². The van der Waals surface area contributed by atoms with Crippen LogP contribution in [0.3, 0.4) is 0 Å². The largest absolute Gasteiger partial charge is 0.314 e. The summed E-state index contributed by atoms with van der Waals surface area (Å²) in [4.78, 5) is 18.7. The van der Waals surface area contributed by atoms with Crippen molar-refractivity contribution in [2.45, 2.75) is 13.0 Å². The Morgan fingerprint density at radius 1 is 1.52 bits per heavy atom. The molecule has 1 amide bonds. The van der Waals surface area contributed by atoms with Gasteiger partial charge in [-0.1, -0.05) is 23.5 Å². The Bertz CT molecular complexity index is 585. The highest BCUT2D eigenvalue weighted by Crippen LogP contribution is 2.25. The number of amides is 1. The minimum Gasteiger partial charge on any atom is -0.314 e. The number of hydrogen-bond donors (Lipinski definition) is 2. The lowest BCUT2D eigenvalue weighted by Gasteiger charge is -2.33. The van der Waals surface area contributed by atoms with Gasteiger partial charge in [0.25, 0.3) is 0 Å². The van der Waals surface area contributed by atoms with Gasteiger partial charge in [-0.3, -0.25) is 9.69 Å². The van der Waals surface area contributed by atoms with Crippen LogP contribution in [0.1, 0.15) is 6.92 Å². The molecule has 1 atom stereocenters. The molecule has 1 aliphatic rings. The topological polar surface area (TPSA) is 57.3 Å². The van der Waals surface area contributed by atoms with Crippen molar-refractivity contribution in [3.8, 4) is 0 Å². The Labute approximate surface area is 134 Å². The number of nitrogens with zero attached hydrogens (tertiary/aromatic N) is 2. The first kappa shape index (κ1) is 16.2. The molecule has 1 fully saturated rings. The molecule has 0 bridgehead atoms. The number of rotatable bonds is 3. The van der Waals surface area contributed by atoms with Gasteiger partial charge in [-0.2, -0.15) is 0 Å². The van der Waals surface area contributed by atoms with Crippen molar-refractivity contribution in [3.63, 3.8) is 0 Å². The van der Waals surface area contributed by atoms with Crippen molar-refractivity contribution in [2.75, 3.05) is 31.5 Å². The van der Waals surface area contributed by atoms with Gasteiger partial charge >= 0.3 is 0 Å². The Kier molecular flexibility index (Phi) is 5.52. The van der Waals surface area contributed by atoms with Crippen LogP contribution in [0.15, 0.2) is 24.3 Å². The zero-order valence-electron chi connectivity index (χ0n) is 11.8. The molecule has 0 spiro atoms. The van der Waals surface area contributed by atoms with Gasteiger partial charge in [0.15, 0.2) is 5.13 Å². The molecule has 1 saturated heterocycles. The summed E-state index contributed by atoms with van der Waals surface area (Å²) in [7, 11) is 0. The van der Waals surface area contributed by atoms with Gasteiger partial charge < -0.3 is 10.6 Å². The number of carbonyl (C=O) groups excluding carboxylic acids is 1. The highest BCUT2D eigenvalue weighted by molar-refractivity contribution is 7.22. The van der Waals surface area contributed by atoms with E-state index in [1.807, 2.05) is 24.3 Å². The number of aromatic nitrogens is 1. The fraction of sp³-hybridized carbons (Fsp3) is 0.429. The normalized spacial score (nSPS) is 19.2. The van der Waals surface area contributed by atoms with E-state index in [9.17, 15) is 4.79 Å². The molecule has 2 heterocycles. The molecule has 0 saturated carbocycles. The molecule has 21 heavy (non-hydrogen) atoms. The molecular weight excluding hydrogens is 308 g/mol. The van der Waals surface area contributed by atoms with Crippen LogP contribution in [0.4, 0.5) is 5.13 Å². The quantitative estimate of drug-likeness (QED) is 0.905. The number of halogens is 1. The molecule has 3 rings (SSSR count). The summed E-state index contributed by atoms with van der Waals surface area (Å²) < 4.78 is 1.10. The lowest BCUT2D eigenvalue weighted by Crippen LogP contribution is -2.51. The second-order valence-corrected chi connectivity index (χ2v) is 6.09. The number of piperazine rings is 1. The Morgan fingerprint density at radius 2 is 2.33 bits per heavy atom. The minimum absolute atomic E-state index is 0. The van der Waals surface area contributed by atoms with Crippen LogP contribution in [-0.2, 0) is 4.79 Å². The average molecular weight is 327 g/mol. The van der Waals surface area contributed by atoms with Gasteiger partial charge in [-0.15, -0.1) is 12.4 Å². The van der Waals surface area contributed by atoms with Crippen molar-refractivity contribution < 1.29 is 4.79 Å². The number of benzene rings is 1. The third-order valence-electron chi connectivity index (χ3n) is 3.53. The zero-order valence-corrected chi connectivity index (χ0v) is 13.5. The maximum Gasteiger partial charge on any atom is 0.240 e. The van der Waals surface area contributed by atoms with Crippen LogP contribution in [0.2, 0.25) is 0 Å². The standard InChI is InChI=1S/C14H18N4OS.ClH/c1-10-8-15-6-7-18(10)9-13(19)17-14-16-11-4-2-3-5-12(11)20-14;/h2-5,10,15H,6-9H2,1H3,(H,16,17,19);1H/t10-;/m1./s1. The van der Waals surface area contributed by atoms with Crippen LogP contribution < -0.4 is 10.6 Å². The monoisotopic (exact) mass is 326 g/mol. The van der Waals surface area contributed by atoms with Gasteiger partial charge in [0.2, 0.25) is 5.91 Å².